The lowest BCUT2D eigenvalue weighted by molar-refractivity contribution is -0.151. The van der Waals surface area contributed by atoms with Crippen molar-refractivity contribution in [2.75, 3.05) is 13.2 Å². The molecule has 0 saturated heterocycles. The van der Waals surface area contributed by atoms with E-state index in [2.05, 4.69) is 11.9 Å². The summed E-state index contributed by atoms with van der Waals surface area (Å²) >= 11 is 0. The van der Waals surface area contributed by atoms with Gasteiger partial charge in [-0.05, 0) is 26.2 Å². The number of hydrogen-bond donors (Lipinski definition) is 1. The van der Waals surface area contributed by atoms with E-state index in [0.29, 0.717) is 19.1 Å². The van der Waals surface area contributed by atoms with Gasteiger partial charge in [0.25, 0.3) is 0 Å². The van der Waals surface area contributed by atoms with Crippen LogP contribution in [0.15, 0.2) is 12.7 Å². The third-order valence-corrected chi connectivity index (χ3v) is 3.28. The predicted octanol–water partition coefficient (Wildman–Crippen LogP) is 2.27. The minimum absolute atomic E-state index is 0.135. The van der Waals surface area contributed by atoms with Gasteiger partial charge in [-0.2, -0.15) is 0 Å². The van der Waals surface area contributed by atoms with E-state index in [1.165, 1.54) is 19.3 Å². The summed E-state index contributed by atoms with van der Waals surface area (Å²) in [6, 6.07) is 0. The van der Waals surface area contributed by atoms with Crippen molar-refractivity contribution >= 4 is 5.97 Å². The number of hydrogen-bond acceptors (Lipinski definition) is 3. The minimum Gasteiger partial charge on any atom is -0.465 e. The van der Waals surface area contributed by atoms with Crippen molar-refractivity contribution in [2.45, 2.75) is 45.1 Å². The second-order valence-corrected chi connectivity index (χ2v) is 4.72. The smallest absolute Gasteiger partial charge is 0.326 e. The fourth-order valence-corrected chi connectivity index (χ4v) is 2.09. The first-order valence-corrected chi connectivity index (χ1v) is 6.15. The molecule has 0 aliphatic heterocycles. The topological polar surface area (TPSA) is 38.3 Å². The summed E-state index contributed by atoms with van der Waals surface area (Å²) in [5, 5.41) is 3.24. The number of ether oxygens (including phenoxy) is 1. The van der Waals surface area contributed by atoms with E-state index in [1.54, 1.807) is 6.08 Å². The summed E-state index contributed by atoms with van der Waals surface area (Å²) in [5.74, 6) is 0.537. The Balaban J connectivity index is 2.56. The number of carbonyl (C=O) groups is 1. The molecule has 0 radical (unpaired) electrons. The van der Waals surface area contributed by atoms with Gasteiger partial charge in [0.05, 0.1) is 6.61 Å². The summed E-state index contributed by atoms with van der Waals surface area (Å²) in [5.41, 5.74) is -0.546. The molecule has 92 valence electrons. The Morgan fingerprint density at radius 3 is 2.75 bits per heavy atom. The van der Waals surface area contributed by atoms with Gasteiger partial charge in [-0.15, -0.1) is 6.58 Å². The monoisotopic (exact) mass is 225 g/mol. The molecule has 1 aliphatic carbocycles. The van der Waals surface area contributed by atoms with Crippen molar-refractivity contribution in [3.05, 3.63) is 12.7 Å². The highest BCUT2D eigenvalue weighted by Gasteiger charge is 2.37. The lowest BCUT2D eigenvalue weighted by Crippen LogP contribution is -2.52. The number of rotatable bonds is 7. The quantitative estimate of drug-likeness (QED) is 0.533. The predicted molar refractivity (Wildman–Crippen MR) is 65.2 cm³/mol. The van der Waals surface area contributed by atoms with E-state index >= 15 is 0 Å². The van der Waals surface area contributed by atoms with E-state index in [0.717, 1.165) is 6.42 Å². The molecule has 0 amide bonds. The van der Waals surface area contributed by atoms with Gasteiger partial charge in [-0.1, -0.05) is 25.3 Å². The zero-order valence-electron chi connectivity index (χ0n) is 10.4. The molecule has 16 heavy (non-hydrogen) atoms. The molecule has 1 atom stereocenters. The van der Waals surface area contributed by atoms with Crippen LogP contribution in [0, 0.1) is 5.92 Å². The second kappa shape index (κ2) is 6.04. The third-order valence-electron chi connectivity index (χ3n) is 3.28. The van der Waals surface area contributed by atoms with Crippen molar-refractivity contribution in [2.24, 2.45) is 5.92 Å². The van der Waals surface area contributed by atoms with Gasteiger partial charge < -0.3 is 4.74 Å². The first-order chi connectivity index (χ1) is 7.62. The van der Waals surface area contributed by atoms with Crippen molar-refractivity contribution in [1.82, 2.24) is 5.32 Å². The zero-order valence-corrected chi connectivity index (χ0v) is 10.4. The van der Waals surface area contributed by atoms with Gasteiger partial charge in [0.15, 0.2) is 0 Å². The Morgan fingerprint density at radius 1 is 1.62 bits per heavy atom. The largest absolute Gasteiger partial charge is 0.465 e. The Bertz CT molecular complexity index is 248. The molecular weight excluding hydrogens is 202 g/mol. The van der Waals surface area contributed by atoms with E-state index in [1.807, 2.05) is 13.8 Å². The minimum atomic E-state index is -0.546. The molecule has 0 heterocycles. The van der Waals surface area contributed by atoms with E-state index in [4.69, 9.17) is 4.74 Å². The fourth-order valence-electron chi connectivity index (χ4n) is 2.09. The highest BCUT2D eigenvalue weighted by atomic mass is 16.5. The maximum Gasteiger partial charge on any atom is 0.326 e. The molecule has 1 rings (SSSR count). The number of nitrogens with one attached hydrogen (secondary N) is 1. The summed E-state index contributed by atoms with van der Waals surface area (Å²) in [6.07, 6.45) is 6.43. The molecule has 1 N–H and O–H groups in total. The fraction of sp³-hybridized carbons (Fsp3) is 0.769. The van der Waals surface area contributed by atoms with Crippen LogP contribution in [0.2, 0.25) is 0 Å². The average molecular weight is 225 g/mol. The molecular formula is C13H23NO2. The summed E-state index contributed by atoms with van der Waals surface area (Å²) in [6.45, 7) is 8.53. The van der Waals surface area contributed by atoms with E-state index < -0.39 is 5.54 Å². The van der Waals surface area contributed by atoms with Crippen LogP contribution in [0.1, 0.15) is 39.5 Å². The molecule has 1 aliphatic rings. The van der Waals surface area contributed by atoms with Crippen LogP contribution < -0.4 is 5.32 Å². The summed E-state index contributed by atoms with van der Waals surface area (Å²) in [4.78, 5) is 11.9. The Morgan fingerprint density at radius 2 is 2.31 bits per heavy atom. The third kappa shape index (κ3) is 3.34. The lowest BCUT2D eigenvalue weighted by Gasteiger charge is -2.35. The van der Waals surface area contributed by atoms with Gasteiger partial charge in [0.1, 0.15) is 5.54 Å². The molecule has 1 unspecified atom stereocenters. The first kappa shape index (κ1) is 13.2. The standard InChI is InChI=1S/C13H23NO2/c1-4-9-14-13(3,12(15)16-5-2)10-11-7-6-8-11/h4,11,14H,1,5-10H2,2-3H3. The SMILES string of the molecule is C=CCNC(C)(CC1CCC1)C(=O)OCC. The van der Waals surface area contributed by atoms with Gasteiger partial charge >= 0.3 is 5.97 Å². The maximum absolute atomic E-state index is 11.9. The molecule has 0 aromatic rings. The van der Waals surface area contributed by atoms with Gasteiger partial charge in [-0.25, -0.2) is 0 Å². The normalized spacial score (nSPS) is 19.6. The first-order valence-electron chi connectivity index (χ1n) is 6.15. The van der Waals surface area contributed by atoms with Crippen molar-refractivity contribution in [1.29, 1.82) is 0 Å². The molecule has 0 aromatic heterocycles. The molecule has 0 spiro atoms. The Kier molecular flexibility index (Phi) is 5.00. The summed E-state index contributed by atoms with van der Waals surface area (Å²) < 4.78 is 5.14. The molecule has 1 saturated carbocycles. The van der Waals surface area contributed by atoms with Gasteiger partial charge in [0.2, 0.25) is 0 Å². The van der Waals surface area contributed by atoms with E-state index in [9.17, 15) is 4.79 Å². The lowest BCUT2D eigenvalue weighted by atomic mass is 9.76. The average Bonchev–Trinajstić information content (AvgIpc) is 2.21. The van der Waals surface area contributed by atoms with Crippen LogP contribution in [0.3, 0.4) is 0 Å². The molecule has 0 bridgehead atoms. The molecule has 0 aromatic carbocycles. The molecule has 3 nitrogen and oxygen atoms in total. The zero-order chi connectivity index (χ0) is 12.0. The van der Waals surface area contributed by atoms with Crippen molar-refractivity contribution in [3.8, 4) is 0 Å². The number of esters is 1. The van der Waals surface area contributed by atoms with Gasteiger partial charge in [-0.3, -0.25) is 10.1 Å². The highest BCUT2D eigenvalue weighted by molar-refractivity contribution is 5.80. The van der Waals surface area contributed by atoms with E-state index in [-0.39, 0.29) is 5.97 Å². The maximum atomic E-state index is 11.9. The van der Waals surface area contributed by atoms with Crippen molar-refractivity contribution < 1.29 is 9.53 Å². The molecule has 1 fully saturated rings. The van der Waals surface area contributed by atoms with Crippen LogP contribution >= 0.6 is 0 Å². The second-order valence-electron chi connectivity index (χ2n) is 4.72. The van der Waals surface area contributed by atoms with Crippen LogP contribution in [-0.4, -0.2) is 24.7 Å². The van der Waals surface area contributed by atoms with Crippen LogP contribution in [0.4, 0.5) is 0 Å². The Hall–Kier alpha value is -0.830. The summed E-state index contributed by atoms with van der Waals surface area (Å²) in [7, 11) is 0. The molecule has 3 heteroatoms. The van der Waals surface area contributed by atoms with Crippen LogP contribution in [-0.2, 0) is 9.53 Å². The van der Waals surface area contributed by atoms with Crippen molar-refractivity contribution in [3.63, 3.8) is 0 Å². The Labute approximate surface area is 98.2 Å². The van der Waals surface area contributed by atoms with Crippen LogP contribution in [0.5, 0.6) is 0 Å². The highest BCUT2D eigenvalue weighted by Crippen LogP contribution is 2.34. The van der Waals surface area contributed by atoms with Gasteiger partial charge in [0, 0.05) is 6.54 Å². The number of carbonyl (C=O) groups excluding carboxylic acids is 1. The van der Waals surface area contributed by atoms with Crippen LogP contribution in [0.25, 0.3) is 0 Å².